The highest BCUT2D eigenvalue weighted by atomic mass is 19.1. The Morgan fingerprint density at radius 1 is 1.10 bits per heavy atom. The molecule has 2 aromatic rings. The molecule has 0 amide bonds. The van der Waals surface area contributed by atoms with Gasteiger partial charge < -0.3 is 10.2 Å². The van der Waals surface area contributed by atoms with Crippen LogP contribution in [0.15, 0.2) is 30.3 Å². The Hall–Kier alpha value is -2.21. The Morgan fingerprint density at radius 3 is 2.24 bits per heavy atom. The molecule has 0 saturated heterocycles. The average molecular weight is 293 g/mol. The highest BCUT2D eigenvalue weighted by Crippen LogP contribution is 2.28. The van der Waals surface area contributed by atoms with E-state index in [2.05, 4.69) is 25.8 Å². The molecule has 112 valence electrons. The standard InChI is InChI=1S/C15H17F2N3O/c1-15(2,3)9-4-6-10(7-5-9)21-14-12(17)8-11(16)13(19-14)20-18/h4-8H,18H2,1-3H3,(H,19,20). The van der Waals surface area contributed by atoms with Crippen molar-refractivity contribution in [1.29, 1.82) is 0 Å². The first-order valence-electron chi connectivity index (χ1n) is 6.42. The molecule has 4 nitrogen and oxygen atoms in total. The van der Waals surface area contributed by atoms with Crippen molar-refractivity contribution in [2.45, 2.75) is 26.2 Å². The maximum absolute atomic E-state index is 13.6. The number of anilines is 1. The summed E-state index contributed by atoms with van der Waals surface area (Å²) in [5, 5.41) is 0. The van der Waals surface area contributed by atoms with Crippen molar-refractivity contribution in [3.63, 3.8) is 0 Å². The molecular weight excluding hydrogens is 276 g/mol. The third-order valence-corrected chi connectivity index (χ3v) is 2.97. The van der Waals surface area contributed by atoms with Crippen LogP contribution in [-0.4, -0.2) is 4.98 Å². The van der Waals surface area contributed by atoms with Crippen LogP contribution < -0.4 is 16.0 Å². The van der Waals surface area contributed by atoms with Crippen molar-refractivity contribution in [2.24, 2.45) is 5.84 Å². The fraction of sp³-hybridized carbons (Fsp3) is 0.267. The Bertz CT molecular complexity index is 637. The number of nitrogens with one attached hydrogen (secondary N) is 1. The van der Waals surface area contributed by atoms with E-state index in [1.165, 1.54) is 0 Å². The van der Waals surface area contributed by atoms with Gasteiger partial charge >= 0.3 is 0 Å². The summed E-state index contributed by atoms with van der Waals surface area (Å²) < 4.78 is 32.2. The fourth-order valence-electron chi connectivity index (χ4n) is 1.76. The minimum Gasteiger partial charge on any atom is -0.436 e. The molecule has 0 spiro atoms. The van der Waals surface area contributed by atoms with Gasteiger partial charge in [-0.3, -0.25) is 0 Å². The Labute approximate surface area is 121 Å². The smallest absolute Gasteiger partial charge is 0.258 e. The number of pyridine rings is 1. The van der Waals surface area contributed by atoms with Gasteiger partial charge in [0, 0.05) is 6.07 Å². The van der Waals surface area contributed by atoms with Gasteiger partial charge in [-0.2, -0.15) is 4.98 Å². The van der Waals surface area contributed by atoms with Crippen LogP contribution in [0, 0.1) is 11.6 Å². The van der Waals surface area contributed by atoms with Gasteiger partial charge in [0.25, 0.3) is 5.88 Å². The summed E-state index contributed by atoms with van der Waals surface area (Å²) in [5.41, 5.74) is 3.17. The molecule has 0 radical (unpaired) electrons. The second-order valence-corrected chi connectivity index (χ2v) is 5.63. The summed E-state index contributed by atoms with van der Waals surface area (Å²) in [6, 6.07) is 7.86. The van der Waals surface area contributed by atoms with Crippen molar-refractivity contribution in [3.05, 3.63) is 47.5 Å². The molecule has 1 aromatic heterocycles. The summed E-state index contributed by atoms with van der Waals surface area (Å²) in [7, 11) is 0. The minimum absolute atomic E-state index is 0.00848. The number of hydrogen-bond acceptors (Lipinski definition) is 4. The number of nitrogens with zero attached hydrogens (tertiary/aromatic N) is 1. The van der Waals surface area contributed by atoms with Crippen LogP contribution >= 0.6 is 0 Å². The largest absolute Gasteiger partial charge is 0.436 e. The maximum atomic E-state index is 13.6. The minimum atomic E-state index is -0.897. The molecule has 2 rings (SSSR count). The monoisotopic (exact) mass is 293 g/mol. The summed E-state index contributed by atoms with van der Waals surface area (Å²) in [6.45, 7) is 6.26. The zero-order valence-corrected chi connectivity index (χ0v) is 12.1. The lowest BCUT2D eigenvalue weighted by Crippen LogP contribution is -2.12. The number of rotatable bonds is 3. The summed E-state index contributed by atoms with van der Waals surface area (Å²) in [4.78, 5) is 3.65. The van der Waals surface area contributed by atoms with Gasteiger partial charge in [-0.1, -0.05) is 32.9 Å². The van der Waals surface area contributed by atoms with E-state index >= 15 is 0 Å². The first kappa shape index (κ1) is 15.2. The van der Waals surface area contributed by atoms with Crippen molar-refractivity contribution in [3.8, 4) is 11.6 Å². The molecule has 0 fully saturated rings. The molecule has 0 aliphatic heterocycles. The van der Waals surface area contributed by atoms with E-state index in [4.69, 9.17) is 10.6 Å². The molecule has 0 unspecified atom stereocenters. The number of ether oxygens (including phenoxy) is 1. The molecule has 0 atom stereocenters. The van der Waals surface area contributed by atoms with Gasteiger partial charge in [0.2, 0.25) is 0 Å². The number of benzene rings is 1. The Kier molecular flexibility index (Phi) is 4.09. The first-order valence-corrected chi connectivity index (χ1v) is 6.42. The summed E-state index contributed by atoms with van der Waals surface area (Å²) in [6.07, 6.45) is 0. The molecule has 0 aliphatic rings. The van der Waals surface area contributed by atoms with Crippen LogP contribution in [0.5, 0.6) is 11.6 Å². The number of nitrogens with two attached hydrogens (primary N) is 1. The molecule has 6 heteroatoms. The summed E-state index contributed by atoms with van der Waals surface area (Å²) in [5.74, 6) is 3.11. The van der Waals surface area contributed by atoms with E-state index < -0.39 is 11.6 Å². The SMILES string of the molecule is CC(C)(C)c1ccc(Oc2nc(NN)c(F)cc2F)cc1. The maximum Gasteiger partial charge on any atom is 0.258 e. The van der Waals surface area contributed by atoms with Crippen LogP contribution in [0.3, 0.4) is 0 Å². The van der Waals surface area contributed by atoms with Crippen LogP contribution in [0.25, 0.3) is 0 Å². The number of hydrazine groups is 1. The molecule has 0 bridgehead atoms. The van der Waals surface area contributed by atoms with Gasteiger partial charge in [0.05, 0.1) is 0 Å². The number of hydrogen-bond donors (Lipinski definition) is 2. The molecule has 0 saturated carbocycles. The van der Waals surface area contributed by atoms with E-state index in [0.717, 1.165) is 5.56 Å². The molecule has 21 heavy (non-hydrogen) atoms. The Morgan fingerprint density at radius 2 is 1.71 bits per heavy atom. The van der Waals surface area contributed by atoms with E-state index in [0.29, 0.717) is 11.8 Å². The third-order valence-electron chi connectivity index (χ3n) is 2.97. The second kappa shape index (κ2) is 5.65. The van der Waals surface area contributed by atoms with Crippen molar-refractivity contribution < 1.29 is 13.5 Å². The van der Waals surface area contributed by atoms with Gasteiger partial charge in [-0.15, -0.1) is 0 Å². The molecule has 0 aliphatic carbocycles. The lowest BCUT2D eigenvalue weighted by Gasteiger charge is -2.19. The first-order chi connectivity index (χ1) is 9.81. The van der Waals surface area contributed by atoms with Crippen molar-refractivity contribution in [2.75, 3.05) is 5.43 Å². The second-order valence-electron chi connectivity index (χ2n) is 5.63. The molecule has 1 heterocycles. The topological polar surface area (TPSA) is 60.2 Å². The van der Waals surface area contributed by atoms with Crippen LogP contribution in [0.4, 0.5) is 14.6 Å². The van der Waals surface area contributed by atoms with Gasteiger partial charge in [0.1, 0.15) is 5.75 Å². The van der Waals surface area contributed by atoms with E-state index in [1.807, 2.05) is 17.6 Å². The molecule has 1 aromatic carbocycles. The fourth-order valence-corrected chi connectivity index (χ4v) is 1.76. The lowest BCUT2D eigenvalue weighted by molar-refractivity contribution is 0.417. The number of halogens is 2. The predicted octanol–water partition coefficient (Wildman–Crippen LogP) is 3.74. The van der Waals surface area contributed by atoms with E-state index in [1.54, 1.807) is 12.1 Å². The zero-order valence-electron chi connectivity index (χ0n) is 12.1. The number of nitrogen functional groups attached to an aromatic ring is 1. The van der Waals surface area contributed by atoms with Crippen molar-refractivity contribution in [1.82, 2.24) is 4.98 Å². The third kappa shape index (κ3) is 3.46. The van der Waals surface area contributed by atoms with Gasteiger partial charge in [-0.05, 0) is 23.1 Å². The lowest BCUT2D eigenvalue weighted by atomic mass is 9.87. The average Bonchev–Trinajstić information content (AvgIpc) is 2.41. The number of aromatic nitrogens is 1. The quantitative estimate of drug-likeness (QED) is 0.668. The van der Waals surface area contributed by atoms with Gasteiger partial charge in [-0.25, -0.2) is 14.6 Å². The zero-order chi connectivity index (χ0) is 15.6. The normalized spacial score (nSPS) is 11.3. The van der Waals surface area contributed by atoms with Crippen LogP contribution in [0.2, 0.25) is 0 Å². The van der Waals surface area contributed by atoms with Crippen molar-refractivity contribution >= 4 is 5.82 Å². The van der Waals surface area contributed by atoms with Gasteiger partial charge in [0.15, 0.2) is 17.5 Å². The van der Waals surface area contributed by atoms with E-state index in [-0.39, 0.29) is 17.1 Å². The Balaban J connectivity index is 2.26. The molecular formula is C15H17F2N3O. The summed E-state index contributed by atoms with van der Waals surface area (Å²) >= 11 is 0. The van der Waals surface area contributed by atoms with Crippen LogP contribution in [-0.2, 0) is 5.41 Å². The predicted molar refractivity (Wildman–Crippen MR) is 77.2 cm³/mol. The van der Waals surface area contributed by atoms with E-state index in [9.17, 15) is 8.78 Å². The van der Waals surface area contributed by atoms with Crippen LogP contribution in [0.1, 0.15) is 26.3 Å². The molecule has 3 N–H and O–H groups in total. The highest BCUT2D eigenvalue weighted by Gasteiger charge is 2.15. The highest BCUT2D eigenvalue weighted by molar-refractivity contribution is 5.40.